The molecule has 0 aliphatic carbocycles. The lowest BCUT2D eigenvalue weighted by atomic mass is 10.2. The molecule has 1 amide bonds. The summed E-state index contributed by atoms with van der Waals surface area (Å²) >= 11 is 12.0. The minimum absolute atomic E-state index is 0.0691. The van der Waals surface area contributed by atoms with E-state index in [4.69, 9.17) is 23.2 Å². The lowest BCUT2D eigenvalue weighted by Crippen LogP contribution is -2.45. The number of carbonyl (C=O) groups is 1. The second-order valence-corrected chi connectivity index (χ2v) is 12.1. The summed E-state index contributed by atoms with van der Waals surface area (Å²) in [5, 5.41) is 2.89. The minimum Gasteiger partial charge on any atom is -0.324 e. The van der Waals surface area contributed by atoms with Crippen LogP contribution in [0.3, 0.4) is 0 Å². The molecule has 0 aliphatic heterocycles. The van der Waals surface area contributed by atoms with E-state index in [2.05, 4.69) is 10.0 Å². The van der Waals surface area contributed by atoms with Gasteiger partial charge in [0.15, 0.2) is 0 Å². The quantitative estimate of drug-likeness (QED) is 0.410. The molecule has 2 N–H and O–H groups in total. The number of rotatable bonds is 8. The number of carbonyl (C=O) groups excluding carboxylic acids is 1. The first-order valence-electron chi connectivity index (χ1n) is 10.2. The summed E-state index contributed by atoms with van der Waals surface area (Å²) < 4.78 is 53.7. The molecule has 12 heteroatoms. The third-order valence-corrected chi connectivity index (χ3v) is 8.45. The van der Waals surface area contributed by atoms with E-state index < -0.39 is 32.0 Å². The fourth-order valence-electron chi connectivity index (χ4n) is 3.25. The van der Waals surface area contributed by atoms with Crippen LogP contribution < -0.4 is 14.3 Å². The number of halogens is 2. The predicted molar refractivity (Wildman–Crippen MR) is 140 cm³/mol. The number of hydrogen-bond donors (Lipinski definition) is 2. The van der Waals surface area contributed by atoms with Crippen molar-refractivity contribution < 1.29 is 21.6 Å². The van der Waals surface area contributed by atoms with E-state index in [1.807, 2.05) is 6.92 Å². The summed E-state index contributed by atoms with van der Waals surface area (Å²) in [5.41, 5.74) is 1.72. The molecule has 0 fully saturated rings. The van der Waals surface area contributed by atoms with Gasteiger partial charge in [0.05, 0.1) is 32.6 Å². The molecule has 0 saturated carbocycles. The van der Waals surface area contributed by atoms with Gasteiger partial charge >= 0.3 is 0 Å². The van der Waals surface area contributed by atoms with E-state index in [1.165, 1.54) is 43.3 Å². The van der Waals surface area contributed by atoms with Crippen LogP contribution in [0.5, 0.6) is 0 Å². The maximum Gasteiger partial charge on any atom is 0.261 e. The average Bonchev–Trinajstić information content (AvgIpc) is 2.77. The molecular formula is C23H23Cl2N3O5S2. The molecule has 0 saturated heterocycles. The van der Waals surface area contributed by atoms with Crippen LogP contribution in [0, 0.1) is 6.92 Å². The molecule has 3 aromatic carbocycles. The molecule has 0 bridgehead atoms. The van der Waals surface area contributed by atoms with Crippen molar-refractivity contribution in [3.8, 4) is 0 Å². The van der Waals surface area contributed by atoms with Gasteiger partial charge in [-0.1, -0.05) is 47.0 Å². The van der Waals surface area contributed by atoms with Crippen LogP contribution in [-0.4, -0.2) is 35.0 Å². The summed E-state index contributed by atoms with van der Waals surface area (Å²) in [7, 11) is -7.74. The number of benzene rings is 3. The van der Waals surface area contributed by atoms with Crippen LogP contribution in [0.4, 0.5) is 17.1 Å². The average molecular weight is 556 g/mol. The first-order valence-corrected chi connectivity index (χ1v) is 14.3. The summed E-state index contributed by atoms with van der Waals surface area (Å²) in [4.78, 5) is 12.8. The van der Waals surface area contributed by atoms with Gasteiger partial charge in [0.25, 0.3) is 10.0 Å². The molecule has 0 spiro atoms. The topological polar surface area (TPSA) is 113 Å². The van der Waals surface area contributed by atoms with Crippen molar-refractivity contribution in [1.82, 2.24) is 0 Å². The largest absolute Gasteiger partial charge is 0.324 e. The molecule has 8 nitrogen and oxygen atoms in total. The first-order chi connectivity index (χ1) is 16.3. The molecule has 0 aliphatic rings. The highest BCUT2D eigenvalue weighted by Crippen LogP contribution is 2.31. The van der Waals surface area contributed by atoms with Gasteiger partial charge < -0.3 is 5.32 Å². The van der Waals surface area contributed by atoms with E-state index >= 15 is 0 Å². The maximum atomic E-state index is 12.9. The Morgan fingerprint density at radius 2 is 1.51 bits per heavy atom. The predicted octanol–water partition coefficient (Wildman–Crippen LogP) is 4.90. The number of nitrogens with zero attached hydrogens (tertiary/aromatic N) is 1. The standard InChI is InChI=1S/C23H23Cl2N3O5S2/c1-15-7-11-18(12-8-15)28(34(3,30)31)16(2)23(29)26-17-9-13-19(14-10-17)35(32,33)27-21-6-4-5-20(24)22(21)25/h4-14,16,27H,1-3H3,(H,26,29)/t16-/m0/s1. The number of amides is 1. The van der Waals surface area contributed by atoms with Gasteiger partial charge in [0, 0.05) is 5.69 Å². The monoisotopic (exact) mass is 555 g/mol. The third-order valence-electron chi connectivity index (χ3n) is 5.01. The highest BCUT2D eigenvalue weighted by Gasteiger charge is 2.29. The molecule has 3 aromatic rings. The zero-order valence-electron chi connectivity index (χ0n) is 19.0. The van der Waals surface area contributed by atoms with E-state index in [1.54, 1.807) is 30.3 Å². The molecule has 0 radical (unpaired) electrons. The first kappa shape index (κ1) is 26.8. The zero-order chi connectivity index (χ0) is 26.0. The Kier molecular flexibility index (Phi) is 8.00. The molecular weight excluding hydrogens is 533 g/mol. The van der Waals surface area contributed by atoms with Crippen molar-refractivity contribution in [2.45, 2.75) is 24.8 Å². The van der Waals surface area contributed by atoms with Crippen molar-refractivity contribution in [3.05, 3.63) is 82.3 Å². The van der Waals surface area contributed by atoms with Crippen molar-refractivity contribution in [1.29, 1.82) is 0 Å². The van der Waals surface area contributed by atoms with Gasteiger partial charge in [-0.25, -0.2) is 16.8 Å². The molecule has 0 unspecified atom stereocenters. The highest BCUT2D eigenvalue weighted by molar-refractivity contribution is 7.92. The number of anilines is 3. The number of aryl methyl sites for hydroxylation is 1. The van der Waals surface area contributed by atoms with Crippen LogP contribution in [0.15, 0.2) is 71.6 Å². The van der Waals surface area contributed by atoms with E-state index in [-0.39, 0.29) is 20.6 Å². The molecule has 35 heavy (non-hydrogen) atoms. The van der Waals surface area contributed by atoms with Crippen LogP contribution in [0.2, 0.25) is 10.0 Å². The molecule has 186 valence electrons. The summed E-state index contributed by atoms with van der Waals surface area (Å²) in [6.07, 6.45) is 1.02. The van der Waals surface area contributed by atoms with Gasteiger partial charge in [-0.3, -0.25) is 13.8 Å². The minimum atomic E-state index is -3.98. The second-order valence-electron chi connectivity index (χ2n) is 7.79. The number of sulfonamides is 2. The Balaban J connectivity index is 1.77. The van der Waals surface area contributed by atoms with E-state index in [9.17, 15) is 21.6 Å². The van der Waals surface area contributed by atoms with Crippen LogP contribution >= 0.6 is 23.2 Å². The van der Waals surface area contributed by atoms with Crippen molar-refractivity contribution in [3.63, 3.8) is 0 Å². The summed E-state index contributed by atoms with van der Waals surface area (Å²) in [5.74, 6) is -0.588. The Morgan fingerprint density at radius 3 is 2.09 bits per heavy atom. The van der Waals surface area contributed by atoms with Crippen molar-refractivity contribution >= 4 is 66.2 Å². The Morgan fingerprint density at radius 1 is 0.914 bits per heavy atom. The fourth-order valence-corrected chi connectivity index (χ4v) is 5.90. The van der Waals surface area contributed by atoms with E-state index in [0.29, 0.717) is 11.4 Å². The molecule has 1 atom stereocenters. The Labute approximate surface area is 215 Å². The summed E-state index contributed by atoms with van der Waals surface area (Å²) in [6, 6.07) is 15.6. The van der Waals surface area contributed by atoms with Gasteiger partial charge in [-0.2, -0.15) is 0 Å². The SMILES string of the molecule is Cc1ccc(N([C@@H](C)C(=O)Nc2ccc(S(=O)(=O)Nc3cccc(Cl)c3Cl)cc2)S(C)(=O)=O)cc1. The maximum absolute atomic E-state index is 12.9. The van der Waals surface area contributed by atoms with Crippen molar-refractivity contribution in [2.24, 2.45) is 0 Å². The fraction of sp³-hybridized carbons (Fsp3) is 0.174. The van der Waals surface area contributed by atoms with Crippen molar-refractivity contribution in [2.75, 3.05) is 20.6 Å². The number of nitrogens with one attached hydrogen (secondary N) is 2. The molecule has 0 aromatic heterocycles. The number of hydrogen-bond acceptors (Lipinski definition) is 5. The third kappa shape index (κ3) is 6.46. The Bertz CT molecular complexity index is 1440. The smallest absolute Gasteiger partial charge is 0.261 e. The van der Waals surface area contributed by atoms with Gasteiger partial charge in [0.2, 0.25) is 15.9 Å². The van der Waals surface area contributed by atoms with Crippen LogP contribution in [0.25, 0.3) is 0 Å². The lowest BCUT2D eigenvalue weighted by Gasteiger charge is -2.28. The van der Waals surface area contributed by atoms with Crippen LogP contribution in [0.1, 0.15) is 12.5 Å². The summed E-state index contributed by atoms with van der Waals surface area (Å²) in [6.45, 7) is 3.33. The van der Waals surface area contributed by atoms with E-state index in [0.717, 1.165) is 16.1 Å². The Hall–Kier alpha value is -2.79. The highest BCUT2D eigenvalue weighted by atomic mass is 35.5. The lowest BCUT2D eigenvalue weighted by molar-refractivity contribution is -0.116. The molecule has 3 rings (SSSR count). The van der Waals surface area contributed by atoms with Crippen LogP contribution in [-0.2, 0) is 24.8 Å². The molecule has 0 heterocycles. The normalized spacial score (nSPS) is 12.6. The van der Waals surface area contributed by atoms with Gasteiger partial charge in [-0.15, -0.1) is 0 Å². The van der Waals surface area contributed by atoms with Gasteiger partial charge in [0.1, 0.15) is 6.04 Å². The van der Waals surface area contributed by atoms with Gasteiger partial charge in [-0.05, 0) is 62.4 Å². The zero-order valence-corrected chi connectivity index (χ0v) is 22.1. The second kappa shape index (κ2) is 10.4.